The Balaban J connectivity index is 1.97. The third kappa shape index (κ3) is 5.10. The molecule has 1 aromatic carbocycles. The lowest BCUT2D eigenvalue weighted by Crippen LogP contribution is -2.40. The zero-order valence-corrected chi connectivity index (χ0v) is 15.6. The predicted molar refractivity (Wildman–Crippen MR) is 92.4 cm³/mol. The molecule has 12 heteroatoms. The number of rotatable bonds is 6. The van der Waals surface area contributed by atoms with Gasteiger partial charge in [0, 0.05) is 7.05 Å². The lowest BCUT2D eigenvalue weighted by Gasteiger charge is -2.16. The molecule has 0 aliphatic rings. The number of benzene rings is 1. The molecule has 6 nitrogen and oxygen atoms in total. The fraction of sp³-hybridized carbons (Fsp3) is 0.214. The lowest BCUT2D eigenvalue weighted by atomic mass is 10.2. The van der Waals surface area contributed by atoms with Crippen molar-refractivity contribution in [1.82, 2.24) is 9.73 Å². The average molecular weight is 428 g/mol. The number of amides is 1. The zero-order valence-electron chi connectivity index (χ0n) is 13.2. The minimum absolute atomic E-state index is 0.00345. The van der Waals surface area contributed by atoms with Gasteiger partial charge in [0.1, 0.15) is 4.21 Å². The van der Waals surface area contributed by atoms with Crippen molar-refractivity contribution in [1.29, 1.82) is 0 Å². The molecule has 0 saturated heterocycles. The van der Waals surface area contributed by atoms with Crippen LogP contribution < -0.4 is 10.9 Å². The van der Waals surface area contributed by atoms with E-state index in [-0.39, 0.29) is 14.2 Å². The Labute approximate surface area is 156 Å². The second-order valence-electron chi connectivity index (χ2n) is 5.07. The summed E-state index contributed by atoms with van der Waals surface area (Å²) in [5.41, 5.74) is 3.59. The van der Waals surface area contributed by atoms with Gasteiger partial charge in [-0.3, -0.25) is 15.6 Å². The van der Waals surface area contributed by atoms with Crippen molar-refractivity contribution in [3.63, 3.8) is 0 Å². The van der Waals surface area contributed by atoms with E-state index < -0.39 is 34.2 Å². The number of alkyl halides is 3. The largest absolute Gasteiger partial charge is 0.416 e. The normalized spacial score (nSPS) is 12.2. The minimum Gasteiger partial charge on any atom is -0.299 e. The molecule has 0 radical (unpaired) electrons. The van der Waals surface area contributed by atoms with E-state index in [1.807, 2.05) is 0 Å². The average Bonchev–Trinajstić information content (AvgIpc) is 2.99. The standard InChI is InChI=1S/C14H13ClF3N3O3S2/c1-21(26(23,24)13-6-5-11(15)25-13)8-12(22)20-19-10-4-2-3-9(7-10)14(16,17)18/h2-7,19H,8H2,1H3,(H,20,22). The Morgan fingerprint density at radius 3 is 2.54 bits per heavy atom. The third-order valence-electron chi connectivity index (χ3n) is 3.12. The van der Waals surface area contributed by atoms with Crippen LogP contribution in [0.3, 0.4) is 0 Å². The van der Waals surface area contributed by atoms with Gasteiger partial charge >= 0.3 is 6.18 Å². The van der Waals surface area contributed by atoms with Crippen LogP contribution in [0.4, 0.5) is 18.9 Å². The van der Waals surface area contributed by atoms with Crippen LogP contribution in [0.25, 0.3) is 0 Å². The molecule has 0 fully saturated rings. The second kappa shape index (κ2) is 7.82. The first-order valence-corrected chi connectivity index (χ1v) is 9.57. The van der Waals surface area contributed by atoms with Crippen LogP contribution in [0, 0.1) is 0 Å². The molecule has 0 bridgehead atoms. The van der Waals surface area contributed by atoms with E-state index in [9.17, 15) is 26.4 Å². The molecule has 1 amide bonds. The summed E-state index contributed by atoms with van der Waals surface area (Å²) >= 11 is 6.55. The van der Waals surface area contributed by atoms with Crippen molar-refractivity contribution in [3.8, 4) is 0 Å². The first kappa shape index (κ1) is 20.5. The van der Waals surface area contributed by atoms with Gasteiger partial charge < -0.3 is 0 Å². The summed E-state index contributed by atoms with van der Waals surface area (Å²) < 4.78 is 63.5. The van der Waals surface area contributed by atoms with Crippen LogP contribution in [0.15, 0.2) is 40.6 Å². The van der Waals surface area contributed by atoms with Gasteiger partial charge in [-0.1, -0.05) is 17.7 Å². The molecule has 0 aliphatic heterocycles. The van der Waals surface area contributed by atoms with Gasteiger partial charge in [0.25, 0.3) is 15.9 Å². The highest BCUT2D eigenvalue weighted by Crippen LogP contribution is 2.30. The van der Waals surface area contributed by atoms with E-state index in [4.69, 9.17) is 11.6 Å². The number of nitrogens with zero attached hydrogens (tertiary/aromatic N) is 1. The molecule has 0 atom stereocenters. The Morgan fingerprint density at radius 1 is 1.27 bits per heavy atom. The quantitative estimate of drug-likeness (QED) is 0.694. The number of likely N-dealkylation sites (N-methyl/N-ethyl adjacent to an activating group) is 1. The van der Waals surface area contributed by atoms with Crippen LogP contribution in [0.1, 0.15) is 5.56 Å². The summed E-state index contributed by atoms with van der Waals surface area (Å²) in [7, 11) is -2.69. The molecule has 1 heterocycles. The Kier molecular flexibility index (Phi) is 6.17. The highest BCUT2D eigenvalue weighted by molar-refractivity contribution is 7.91. The number of carbonyl (C=O) groups is 1. The van der Waals surface area contributed by atoms with Crippen LogP contribution in [-0.2, 0) is 21.0 Å². The van der Waals surface area contributed by atoms with Crippen molar-refractivity contribution in [2.45, 2.75) is 10.4 Å². The van der Waals surface area contributed by atoms with Crippen LogP contribution in [0.5, 0.6) is 0 Å². The highest BCUT2D eigenvalue weighted by atomic mass is 35.5. The fourth-order valence-corrected chi connectivity index (χ4v) is 4.65. The van der Waals surface area contributed by atoms with Gasteiger partial charge in [-0.2, -0.15) is 17.5 Å². The van der Waals surface area contributed by atoms with Crippen LogP contribution >= 0.6 is 22.9 Å². The molecule has 0 aliphatic carbocycles. The third-order valence-corrected chi connectivity index (χ3v) is 6.62. The number of anilines is 1. The first-order valence-electron chi connectivity index (χ1n) is 6.94. The Morgan fingerprint density at radius 2 is 1.96 bits per heavy atom. The van der Waals surface area contributed by atoms with E-state index in [1.165, 1.54) is 31.3 Å². The topological polar surface area (TPSA) is 78.5 Å². The van der Waals surface area contributed by atoms with Crippen molar-refractivity contribution in [2.75, 3.05) is 19.0 Å². The molecule has 26 heavy (non-hydrogen) atoms. The van der Waals surface area contributed by atoms with Gasteiger partial charge in [0.2, 0.25) is 0 Å². The van der Waals surface area contributed by atoms with Gasteiger partial charge in [-0.25, -0.2) is 8.42 Å². The first-order chi connectivity index (χ1) is 12.0. The maximum Gasteiger partial charge on any atom is 0.416 e. The van der Waals surface area contributed by atoms with Crippen molar-refractivity contribution >= 4 is 44.6 Å². The van der Waals surface area contributed by atoms with Gasteiger partial charge in [0.15, 0.2) is 0 Å². The monoisotopic (exact) mass is 427 g/mol. The number of hydrogen-bond acceptors (Lipinski definition) is 5. The molecule has 2 N–H and O–H groups in total. The number of nitrogens with one attached hydrogen (secondary N) is 2. The number of sulfonamides is 1. The molecule has 0 unspecified atom stereocenters. The van der Waals surface area contributed by atoms with Gasteiger partial charge in [-0.05, 0) is 30.3 Å². The summed E-state index contributed by atoms with van der Waals surface area (Å²) in [6.45, 7) is -0.538. The second-order valence-corrected chi connectivity index (χ2v) is 9.06. The highest BCUT2D eigenvalue weighted by Gasteiger charge is 2.30. The number of hydrogen-bond donors (Lipinski definition) is 2. The molecule has 0 spiro atoms. The van der Waals surface area contributed by atoms with E-state index in [0.29, 0.717) is 0 Å². The lowest BCUT2D eigenvalue weighted by molar-refractivity contribution is -0.137. The van der Waals surface area contributed by atoms with E-state index in [2.05, 4.69) is 10.9 Å². The molecule has 1 aromatic heterocycles. The van der Waals surface area contributed by atoms with Crippen molar-refractivity contribution in [2.24, 2.45) is 0 Å². The van der Waals surface area contributed by atoms with Crippen LogP contribution in [-0.4, -0.2) is 32.2 Å². The molecule has 0 saturated carbocycles. The van der Waals surface area contributed by atoms with Crippen molar-refractivity contribution < 1.29 is 26.4 Å². The number of thiophene rings is 1. The SMILES string of the molecule is CN(CC(=O)NNc1cccc(C(F)(F)F)c1)S(=O)(=O)c1ccc(Cl)s1. The molecule has 2 aromatic rings. The Bertz CT molecular complexity index is 900. The predicted octanol–water partition coefficient (Wildman–Crippen LogP) is 3.18. The van der Waals surface area contributed by atoms with E-state index >= 15 is 0 Å². The van der Waals surface area contributed by atoms with E-state index in [1.54, 1.807) is 0 Å². The Hall–Kier alpha value is -1.82. The molecule has 2 rings (SSSR count). The molecular formula is C14H13ClF3N3O3S2. The maximum atomic E-state index is 12.6. The van der Waals surface area contributed by atoms with E-state index in [0.717, 1.165) is 27.8 Å². The zero-order chi connectivity index (χ0) is 19.5. The van der Waals surface area contributed by atoms with Gasteiger partial charge in [-0.15, -0.1) is 11.3 Å². The number of carbonyl (C=O) groups excluding carboxylic acids is 1. The summed E-state index contributed by atoms with van der Waals surface area (Å²) in [5, 5.41) is 0. The maximum absolute atomic E-state index is 12.6. The molecular weight excluding hydrogens is 415 g/mol. The summed E-state index contributed by atoms with van der Waals surface area (Å²) in [6, 6.07) is 6.94. The number of halogens is 4. The molecule has 142 valence electrons. The smallest absolute Gasteiger partial charge is 0.299 e. The van der Waals surface area contributed by atoms with Gasteiger partial charge in [0.05, 0.1) is 22.1 Å². The summed E-state index contributed by atoms with van der Waals surface area (Å²) in [4.78, 5) is 11.9. The fourth-order valence-electron chi connectivity index (χ4n) is 1.83. The minimum atomic E-state index is -4.52. The summed E-state index contributed by atoms with van der Waals surface area (Å²) in [5.74, 6) is -0.754. The van der Waals surface area contributed by atoms with Crippen LogP contribution in [0.2, 0.25) is 4.34 Å². The number of hydrazine groups is 1. The summed E-state index contributed by atoms with van der Waals surface area (Å²) in [6.07, 6.45) is -4.52. The van der Waals surface area contributed by atoms with Crippen molar-refractivity contribution in [3.05, 3.63) is 46.3 Å².